The summed E-state index contributed by atoms with van der Waals surface area (Å²) in [6.07, 6.45) is 4.61. The summed E-state index contributed by atoms with van der Waals surface area (Å²) < 4.78 is 1.81. The maximum Gasteiger partial charge on any atom is 0.263 e. The van der Waals surface area contributed by atoms with Crippen molar-refractivity contribution in [3.8, 4) is 5.69 Å². The number of nitrogens with one attached hydrogen (secondary N) is 1. The summed E-state index contributed by atoms with van der Waals surface area (Å²) in [5.74, 6) is 0.461. The van der Waals surface area contributed by atoms with Crippen molar-refractivity contribution in [2.45, 2.75) is 33.7 Å². The zero-order chi connectivity index (χ0) is 17.8. The average molecular weight is 354 g/mol. The van der Waals surface area contributed by atoms with Crippen LogP contribution in [0.4, 0.5) is 0 Å². The van der Waals surface area contributed by atoms with Crippen molar-refractivity contribution in [2.75, 3.05) is 0 Å². The summed E-state index contributed by atoms with van der Waals surface area (Å²) in [7, 11) is 0. The number of thiazole rings is 1. The Labute approximate surface area is 151 Å². The molecular formula is C19H22N4OS. The molecule has 2 heterocycles. The van der Waals surface area contributed by atoms with E-state index >= 15 is 0 Å². The molecule has 2 aromatic heterocycles. The molecule has 0 saturated heterocycles. The molecule has 1 N–H and O–H groups in total. The molecule has 0 atom stereocenters. The molecule has 0 fully saturated rings. The lowest BCUT2D eigenvalue weighted by Crippen LogP contribution is -2.22. The lowest BCUT2D eigenvalue weighted by molar-refractivity contribution is 0.0954. The molecule has 0 bridgehead atoms. The summed E-state index contributed by atoms with van der Waals surface area (Å²) in [6.45, 7) is 6.65. The molecular weight excluding hydrogens is 332 g/mol. The van der Waals surface area contributed by atoms with E-state index in [4.69, 9.17) is 0 Å². The van der Waals surface area contributed by atoms with Gasteiger partial charge in [0.25, 0.3) is 5.91 Å². The number of aryl methyl sites for hydroxylation is 1. The van der Waals surface area contributed by atoms with E-state index in [9.17, 15) is 4.79 Å². The van der Waals surface area contributed by atoms with Crippen molar-refractivity contribution in [1.29, 1.82) is 0 Å². The second-order valence-corrected chi connectivity index (χ2v) is 7.52. The van der Waals surface area contributed by atoms with Crippen LogP contribution >= 0.6 is 11.3 Å². The quantitative estimate of drug-likeness (QED) is 0.733. The molecule has 0 saturated carbocycles. The van der Waals surface area contributed by atoms with Crippen LogP contribution in [0.5, 0.6) is 0 Å². The van der Waals surface area contributed by atoms with Crippen molar-refractivity contribution < 1.29 is 4.79 Å². The first kappa shape index (κ1) is 17.4. The summed E-state index contributed by atoms with van der Waals surface area (Å²) in [5.41, 5.74) is 2.76. The molecule has 5 nitrogen and oxygen atoms in total. The van der Waals surface area contributed by atoms with Crippen LogP contribution in [0.2, 0.25) is 0 Å². The van der Waals surface area contributed by atoms with Gasteiger partial charge >= 0.3 is 0 Å². The lowest BCUT2D eigenvalue weighted by Gasteiger charge is -2.02. The number of carbonyl (C=O) groups excluding carboxylic acids is 1. The van der Waals surface area contributed by atoms with Gasteiger partial charge in [-0.2, -0.15) is 5.10 Å². The van der Waals surface area contributed by atoms with Gasteiger partial charge in [0.2, 0.25) is 0 Å². The second kappa shape index (κ2) is 7.61. The SMILES string of the molecule is Cc1nc(CC(C)C)sc1C(=O)NCc1cnn(-c2ccccc2)c1. The zero-order valence-corrected chi connectivity index (χ0v) is 15.5. The predicted octanol–water partition coefficient (Wildman–Crippen LogP) is 3.77. The van der Waals surface area contributed by atoms with Crippen LogP contribution in [0.1, 0.15) is 39.8 Å². The van der Waals surface area contributed by atoms with E-state index in [1.807, 2.05) is 43.5 Å². The minimum Gasteiger partial charge on any atom is -0.347 e. The Kier molecular flexibility index (Phi) is 5.28. The Morgan fingerprint density at radius 2 is 2.04 bits per heavy atom. The van der Waals surface area contributed by atoms with E-state index in [1.165, 1.54) is 11.3 Å². The lowest BCUT2D eigenvalue weighted by atomic mass is 10.1. The van der Waals surface area contributed by atoms with Gasteiger partial charge in [-0.1, -0.05) is 32.0 Å². The average Bonchev–Trinajstić information content (AvgIpc) is 3.20. The van der Waals surface area contributed by atoms with Gasteiger partial charge in [0.05, 0.1) is 22.6 Å². The molecule has 0 aliphatic rings. The van der Waals surface area contributed by atoms with Gasteiger partial charge in [0, 0.05) is 24.7 Å². The van der Waals surface area contributed by atoms with Gasteiger partial charge in [-0.25, -0.2) is 9.67 Å². The number of hydrogen-bond donors (Lipinski definition) is 1. The number of hydrogen-bond acceptors (Lipinski definition) is 4. The molecule has 3 aromatic rings. The molecule has 0 aliphatic heterocycles. The van der Waals surface area contributed by atoms with Gasteiger partial charge in [0.15, 0.2) is 0 Å². The summed E-state index contributed by atoms with van der Waals surface area (Å²) >= 11 is 1.49. The van der Waals surface area contributed by atoms with Crippen molar-refractivity contribution in [2.24, 2.45) is 5.92 Å². The molecule has 0 radical (unpaired) electrons. The van der Waals surface area contributed by atoms with Gasteiger partial charge in [-0.15, -0.1) is 11.3 Å². The monoisotopic (exact) mass is 354 g/mol. The molecule has 0 unspecified atom stereocenters. The van der Waals surface area contributed by atoms with E-state index in [0.29, 0.717) is 17.3 Å². The van der Waals surface area contributed by atoms with Gasteiger partial charge < -0.3 is 5.32 Å². The predicted molar refractivity (Wildman–Crippen MR) is 100 cm³/mol. The molecule has 1 aromatic carbocycles. The first-order valence-corrected chi connectivity index (χ1v) is 9.18. The third-order valence-corrected chi connectivity index (χ3v) is 4.92. The van der Waals surface area contributed by atoms with Crippen molar-refractivity contribution in [3.63, 3.8) is 0 Å². The number of carbonyl (C=O) groups is 1. The van der Waals surface area contributed by atoms with Gasteiger partial charge in [-0.3, -0.25) is 4.79 Å². The second-order valence-electron chi connectivity index (χ2n) is 6.43. The van der Waals surface area contributed by atoms with E-state index in [-0.39, 0.29) is 5.91 Å². The van der Waals surface area contributed by atoms with E-state index in [2.05, 4.69) is 29.2 Å². The minimum atomic E-state index is -0.0718. The van der Waals surface area contributed by atoms with Crippen LogP contribution in [0.25, 0.3) is 5.69 Å². The third kappa shape index (κ3) is 4.33. The fourth-order valence-electron chi connectivity index (χ4n) is 2.54. The third-order valence-electron chi connectivity index (χ3n) is 3.74. The molecule has 0 spiro atoms. The highest BCUT2D eigenvalue weighted by Gasteiger charge is 2.16. The zero-order valence-electron chi connectivity index (χ0n) is 14.7. The first-order valence-electron chi connectivity index (χ1n) is 8.36. The molecule has 25 heavy (non-hydrogen) atoms. The van der Waals surface area contributed by atoms with Crippen LogP contribution in [0.3, 0.4) is 0 Å². The maximum atomic E-state index is 12.4. The molecule has 1 amide bonds. The number of amides is 1. The van der Waals surface area contributed by atoms with E-state index in [1.54, 1.807) is 10.9 Å². The van der Waals surface area contributed by atoms with Crippen molar-refractivity contribution in [1.82, 2.24) is 20.1 Å². The highest BCUT2D eigenvalue weighted by molar-refractivity contribution is 7.13. The topological polar surface area (TPSA) is 59.8 Å². The molecule has 130 valence electrons. The number of nitrogens with zero attached hydrogens (tertiary/aromatic N) is 3. The van der Waals surface area contributed by atoms with Gasteiger partial charge in [0.1, 0.15) is 4.88 Å². The van der Waals surface area contributed by atoms with Crippen LogP contribution in [0, 0.1) is 12.8 Å². The van der Waals surface area contributed by atoms with Gasteiger partial charge in [-0.05, 0) is 25.0 Å². The fraction of sp³-hybridized carbons (Fsp3) is 0.316. The number of benzene rings is 1. The van der Waals surface area contributed by atoms with Crippen LogP contribution in [0.15, 0.2) is 42.7 Å². The fourth-order valence-corrected chi connectivity index (χ4v) is 3.73. The summed E-state index contributed by atoms with van der Waals surface area (Å²) in [5, 5.41) is 8.34. The standard InChI is InChI=1S/C19H22N4OS/c1-13(2)9-17-22-14(3)18(25-17)19(24)20-10-15-11-21-23(12-15)16-7-5-4-6-8-16/h4-8,11-13H,9-10H2,1-3H3,(H,20,24). The highest BCUT2D eigenvalue weighted by atomic mass is 32.1. The largest absolute Gasteiger partial charge is 0.347 e. The Balaban J connectivity index is 1.63. The van der Waals surface area contributed by atoms with Crippen LogP contribution in [-0.2, 0) is 13.0 Å². The van der Waals surface area contributed by atoms with E-state index < -0.39 is 0 Å². The highest BCUT2D eigenvalue weighted by Crippen LogP contribution is 2.20. The summed E-state index contributed by atoms with van der Waals surface area (Å²) in [6, 6.07) is 9.90. The maximum absolute atomic E-state index is 12.4. The molecule has 3 rings (SSSR count). The Morgan fingerprint density at radius 1 is 1.28 bits per heavy atom. The van der Waals surface area contributed by atoms with Crippen molar-refractivity contribution >= 4 is 17.2 Å². The summed E-state index contributed by atoms with van der Waals surface area (Å²) in [4.78, 5) is 17.7. The van der Waals surface area contributed by atoms with Crippen molar-refractivity contribution in [3.05, 3.63) is 63.9 Å². The Bertz CT molecular complexity index is 851. The molecule has 6 heteroatoms. The minimum absolute atomic E-state index is 0.0718. The Morgan fingerprint density at radius 3 is 2.76 bits per heavy atom. The van der Waals surface area contributed by atoms with Crippen LogP contribution < -0.4 is 5.32 Å². The normalized spacial score (nSPS) is 11.0. The van der Waals surface area contributed by atoms with E-state index in [0.717, 1.165) is 28.4 Å². The smallest absolute Gasteiger partial charge is 0.263 e. The first-order chi connectivity index (χ1) is 12.0. The van der Waals surface area contributed by atoms with Crippen LogP contribution in [-0.4, -0.2) is 20.7 Å². The molecule has 0 aliphatic carbocycles. The number of para-hydroxylation sites is 1. The number of rotatable bonds is 6. The number of aromatic nitrogens is 3. The Hall–Kier alpha value is -2.47.